The number of nitrogens with one attached hydrogen (secondary N) is 2. The van der Waals surface area contributed by atoms with Crippen molar-refractivity contribution in [3.05, 3.63) is 29.8 Å². The normalized spacial score (nSPS) is 12.2. The van der Waals surface area contributed by atoms with E-state index in [0.29, 0.717) is 5.96 Å². The first-order chi connectivity index (χ1) is 9.76. The standard InChI is InChI=1S/C15H22N4O.HI/c1-3-16-15(17-4-2)18-11-14(20)19-10-9-12-7-5-6-8-13(12)19;/h5-8H,3-4,9-11H2,1-2H3,(H2,16,17,18);1H. The summed E-state index contributed by atoms with van der Waals surface area (Å²) in [6.45, 7) is 6.51. The smallest absolute Gasteiger partial charge is 0.248 e. The van der Waals surface area contributed by atoms with Crippen molar-refractivity contribution in [1.82, 2.24) is 10.6 Å². The SMILES string of the molecule is CCNC(=NCC(=O)N1CCc2ccccc21)NCC.I. The van der Waals surface area contributed by atoms with Gasteiger partial charge in [-0.1, -0.05) is 18.2 Å². The number of carbonyl (C=O) groups is 1. The molecule has 0 radical (unpaired) electrons. The summed E-state index contributed by atoms with van der Waals surface area (Å²) in [4.78, 5) is 18.4. The summed E-state index contributed by atoms with van der Waals surface area (Å²) < 4.78 is 0. The van der Waals surface area contributed by atoms with Crippen molar-refractivity contribution in [2.24, 2.45) is 4.99 Å². The number of aliphatic imine (C=N–C) groups is 1. The van der Waals surface area contributed by atoms with Crippen LogP contribution in [0.3, 0.4) is 0 Å². The molecule has 116 valence electrons. The zero-order valence-electron chi connectivity index (χ0n) is 12.6. The molecule has 1 heterocycles. The Morgan fingerprint density at radius 3 is 2.57 bits per heavy atom. The minimum atomic E-state index is 0. The van der Waals surface area contributed by atoms with Crippen LogP contribution in [0.2, 0.25) is 0 Å². The van der Waals surface area contributed by atoms with Gasteiger partial charge in [0.2, 0.25) is 5.91 Å². The van der Waals surface area contributed by atoms with Crippen LogP contribution in [0, 0.1) is 0 Å². The maximum Gasteiger partial charge on any atom is 0.248 e. The fourth-order valence-corrected chi connectivity index (χ4v) is 2.34. The fourth-order valence-electron chi connectivity index (χ4n) is 2.34. The number of para-hydroxylation sites is 1. The number of rotatable bonds is 4. The molecule has 0 aliphatic carbocycles. The molecule has 21 heavy (non-hydrogen) atoms. The maximum absolute atomic E-state index is 12.3. The molecule has 5 nitrogen and oxygen atoms in total. The van der Waals surface area contributed by atoms with Crippen molar-refractivity contribution in [3.63, 3.8) is 0 Å². The maximum atomic E-state index is 12.3. The highest BCUT2D eigenvalue weighted by Gasteiger charge is 2.23. The molecule has 1 aliphatic rings. The molecule has 1 amide bonds. The average molecular weight is 402 g/mol. The highest BCUT2D eigenvalue weighted by atomic mass is 127. The predicted molar refractivity (Wildman–Crippen MR) is 97.6 cm³/mol. The number of benzene rings is 1. The molecule has 2 rings (SSSR count). The highest BCUT2D eigenvalue weighted by Crippen LogP contribution is 2.27. The van der Waals surface area contributed by atoms with E-state index in [1.807, 2.05) is 36.9 Å². The Morgan fingerprint density at radius 1 is 1.24 bits per heavy atom. The number of hydrogen-bond acceptors (Lipinski definition) is 2. The van der Waals surface area contributed by atoms with E-state index >= 15 is 0 Å². The first-order valence-corrected chi connectivity index (χ1v) is 7.16. The van der Waals surface area contributed by atoms with Crippen LogP contribution in [0.5, 0.6) is 0 Å². The van der Waals surface area contributed by atoms with Crippen LogP contribution in [0.1, 0.15) is 19.4 Å². The van der Waals surface area contributed by atoms with Gasteiger partial charge >= 0.3 is 0 Å². The lowest BCUT2D eigenvalue weighted by atomic mass is 10.2. The average Bonchev–Trinajstić information content (AvgIpc) is 2.89. The van der Waals surface area contributed by atoms with Crippen LogP contribution in [0.25, 0.3) is 0 Å². The molecule has 0 fully saturated rings. The zero-order valence-corrected chi connectivity index (χ0v) is 14.9. The number of amides is 1. The molecule has 0 spiro atoms. The first-order valence-electron chi connectivity index (χ1n) is 7.16. The van der Waals surface area contributed by atoms with Crippen LogP contribution >= 0.6 is 24.0 Å². The number of carbonyl (C=O) groups excluding carboxylic acids is 1. The lowest BCUT2D eigenvalue weighted by Crippen LogP contribution is -2.38. The second kappa shape index (κ2) is 8.86. The Kier molecular flexibility index (Phi) is 7.49. The van der Waals surface area contributed by atoms with Crippen molar-refractivity contribution in [1.29, 1.82) is 0 Å². The third kappa shape index (κ3) is 4.59. The van der Waals surface area contributed by atoms with Crippen LogP contribution in [-0.4, -0.2) is 38.0 Å². The van der Waals surface area contributed by atoms with Crippen LogP contribution in [0.15, 0.2) is 29.3 Å². The number of guanidine groups is 1. The Hall–Kier alpha value is -1.31. The number of fused-ring (bicyclic) bond motifs is 1. The molecule has 0 bridgehead atoms. The largest absolute Gasteiger partial charge is 0.357 e. The van der Waals surface area contributed by atoms with Crippen LogP contribution in [-0.2, 0) is 11.2 Å². The third-order valence-corrected chi connectivity index (χ3v) is 3.25. The van der Waals surface area contributed by atoms with Gasteiger partial charge in [0.15, 0.2) is 5.96 Å². The minimum absolute atomic E-state index is 0. The van der Waals surface area contributed by atoms with Gasteiger partial charge in [0.1, 0.15) is 6.54 Å². The first kappa shape index (κ1) is 17.7. The fraction of sp³-hybridized carbons (Fsp3) is 0.467. The molecule has 0 saturated carbocycles. The molecule has 2 N–H and O–H groups in total. The van der Waals surface area contributed by atoms with Gasteiger partial charge in [0.25, 0.3) is 0 Å². The molecule has 6 heteroatoms. The van der Waals surface area contributed by atoms with Crippen molar-refractivity contribution in [2.75, 3.05) is 31.1 Å². The number of anilines is 1. The van der Waals surface area contributed by atoms with Crippen LogP contribution < -0.4 is 15.5 Å². The lowest BCUT2D eigenvalue weighted by molar-refractivity contribution is -0.117. The van der Waals surface area contributed by atoms with Gasteiger partial charge in [-0.15, -0.1) is 24.0 Å². The molecule has 1 aromatic rings. The van der Waals surface area contributed by atoms with Gasteiger partial charge in [-0.3, -0.25) is 4.79 Å². The van der Waals surface area contributed by atoms with Gasteiger partial charge in [-0.2, -0.15) is 0 Å². The van der Waals surface area contributed by atoms with E-state index in [0.717, 1.165) is 31.7 Å². The summed E-state index contributed by atoms with van der Waals surface area (Å²) in [5, 5.41) is 6.23. The van der Waals surface area contributed by atoms with Gasteiger partial charge in [0.05, 0.1) is 0 Å². The summed E-state index contributed by atoms with van der Waals surface area (Å²) in [6.07, 6.45) is 0.929. The van der Waals surface area contributed by atoms with E-state index in [9.17, 15) is 4.79 Å². The third-order valence-electron chi connectivity index (χ3n) is 3.25. The van der Waals surface area contributed by atoms with E-state index in [1.54, 1.807) is 0 Å². The van der Waals surface area contributed by atoms with E-state index < -0.39 is 0 Å². The number of nitrogens with zero attached hydrogens (tertiary/aromatic N) is 2. The van der Waals surface area contributed by atoms with E-state index in [2.05, 4.69) is 21.7 Å². The zero-order chi connectivity index (χ0) is 14.4. The Morgan fingerprint density at radius 2 is 1.90 bits per heavy atom. The summed E-state index contributed by atoms with van der Waals surface area (Å²) in [7, 11) is 0. The summed E-state index contributed by atoms with van der Waals surface area (Å²) in [5.74, 6) is 0.735. The number of hydrogen-bond donors (Lipinski definition) is 2. The van der Waals surface area contributed by atoms with E-state index in [4.69, 9.17) is 0 Å². The Balaban J connectivity index is 0.00000220. The second-order valence-electron chi connectivity index (χ2n) is 4.65. The molecular weight excluding hydrogens is 379 g/mol. The lowest BCUT2D eigenvalue weighted by Gasteiger charge is -2.16. The minimum Gasteiger partial charge on any atom is -0.357 e. The molecule has 0 atom stereocenters. The molecular formula is C15H23IN4O. The van der Waals surface area contributed by atoms with E-state index in [-0.39, 0.29) is 36.4 Å². The summed E-state index contributed by atoms with van der Waals surface area (Å²) in [6, 6.07) is 8.06. The molecule has 0 aromatic heterocycles. The van der Waals surface area contributed by atoms with Gasteiger partial charge < -0.3 is 15.5 Å². The Labute approximate surface area is 143 Å². The van der Waals surface area contributed by atoms with Crippen molar-refractivity contribution >= 4 is 41.5 Å². The Bertz CT molecular complexity index is 496. The summed E-state index contributed by atoms with van der Waals surface area (Å²) in [5.41, 5.74) is 2.27. The van der Waals surface area contributed by atoms with Crippen molar-refractivity contribution in [3.8, 4) is 0 Å². The molecule has 0 unspecified atom stereocenters. The second-order valence-corrected chi connectivity index (χ2v) is 4.65. The molecule has 1 aromatic carbocycles. The highest BCUT2D eigenvalue weighted by molar-refractivity contribution is 14.0. The predicted octanol–water partition coefficient (Wildman–Crippen LogP) is 1.77. The monoisotopic (exact) mass is 402 g/mol. The molecule has 1 aliphatic heterocycles. The van der Waals surface area contributed by atoms with Crippen LogP contribution in [0.4, 0.5) is 5.69 Å². The number of halogens is 1. The van der Waals surface area contributed by atoms with Crippen molar-refractivity contribution < 1.29 is 4.79 Å². The molecule has 0 saturated heterocycles. The topological polar surface area (TPSA) is 56.7 Å². The van der Waals surface area contributed by atoms with Gasteiger partial charge in [0, 0.05) is 25.3 Å². The van der Waals surface area contributed by atoms with Gasteiger partial charge in [-0.25, -0.2) is 4.99 Å². The van der Waals surface area contributed by atoms with Crippen molar-refractivity contribution in [2.45, 2.75) is 20.3 Å². The quantitative estimate of drug-likeness (QED) is 0.459. The summed E-state index contributed by atoms with van der Waals surface area (Å²) >= 11 is 0. The van der Waals surface area contributed by atoms with E-state index in [1.165, 1.54) is 5.56 Å². The van der Waals surface area contributed by atoms with Gasteiger partial charge in [-0.05, 0) is 31.9 Å².